The molecule has 0 aliphatic carbocycles. The summed E-state index contributed by atoms with van der Waals surface area (Å²) in [5.41, 5.74) is 0. The van der Waals surface area contributed by atoms with Gasteiger partial charge in [0.15, 0.2) is 0 Å². The Labute approximate surface area is 55.6 Å². The van der Waals surface area contributed by atoms with E-state index in [-0.39, 0.29) is 11.9 Å². The Bertz CT molecular complexity index is 99.2. The Morgan fingerprint density at radius 3 is 2.00 bits per heavy atom. The highest BCUT2D eigenvalue weighted by molar-refractivity contribution is 5.71. The van der Waals surface area contributed by atoms with Crippen LogP contribution in [0.25, 0.3) is 0 Å². The molecular weight excluding hydrogens is 118 g/mol. The second-order valence-electron chi connectivity index (χ2n) is 2.38. The Balaban J connectivity index is 3.51. The zero-order valence-corrected chi connectivity index (χ0v) is 6.34. The van der Waals surface area contributed by atoms with Crippen LogP contribution >= 0.6 is 0 Å². The molecule has 0 rings (SSSR count). The molecule has 0 saturated heterocycles. The zero-order chi connectivity index (χ0) is 7.44. The minimum Gasteiger partial charge on any atom is -0.368 e. The van der Waals surface area contributed by atoms with Crippen LogP contribution in [0.2, 0.25) is 0 Å². The lowest BCUT2D eigenvalue weighted by Crippen LogP contribution is -2.21. The smallest absolute Gasteiger partial charge is 0.327 e. The topological polar surface area (TPSA) is 29.5 Å². The molecule has 0 heterocycles. The first-order valence-corrected chi connectivity index (χ1v) is 2.93. The van der Waals surface area contributed by atoms with Crippen LogP contribution in [0, 0.1) is 5.92 Å². The van der Waals surface area contributed by atoms with Gasteiger partial charge in [-0.1, -0.05) is 13.8 Å². The average Bonchev–Trinajstić information content (AvgIpc) is 1.63. The molecule has 0 saturated carbocycles. The summed E-state index contributed by atoms with van der Waals surface area (Å²) in [6, 6.07) is 0. The highest BCUT2D eigenvalue weighted by Crippen LogP contribution is 1.95. The zero-order valence-electron chi connectivity index (χ0n) is 6.34. The molecule has 0 unspecified atom stereocenters. The molecule has 0 radical (unpaired) electrons. The van der Waals surface area contributed by atoms with Gasteiger partial charge in [0.25, 0.3) is 0 Å². The van der Waals surface area contributed by atoms with Gasteiger partial charge in [0, 0.05) is 14.1 Å². The Morgan fingerprint density at radius 2 is 1.89 bits per heavy atom. The maximum atomic E-state index is 10.7. The molecule has 54 valence electrons. The van der Waals surface area contributed by atoms with Gasteiger partial charge in [0.2, 0.25) is 0 Å². The number of hydrogen-bond donors (Lipinski definition) is 0. The van der Waals surface area contributed by atoms with Crippen molar-refractivity contribution in [2.24, 2.45) is 5.92 Å². The Hall–Kier alpha value is -0.570. The van der Waals surface area contributed by atoms with Crippen molar-refractivity contribution in [2.45, 2.75) is 13.8 Å². The molecule has 0 aromatic rings. The van der Waals surface area contributed by atoms with E-state index in [1.54, 1.807) is 27.9 Å². The van der Waals surface area contributed by atoms with Gasteiger partial charge >= 0.3 is 5.97 Å². The first-order valence-electron chi connectivity index (χ1n) is 2.93. The molecule has 9 heavy (non-hydrogen) atoms. The number of carbonyl (C=O) groups excluding carboxylic acids is 1. The predicted octanol–water partition coefficient (Wildman–Crippen LogP) is 0.662. The number of carbonyl (C=O) groups is 1. The van der Waals surface area contributed by atoms with E-state index in [2.05, 4.69) is 0 Å². The summed E-state index contributed by atoms with van der Waals surface area (Å²) in [4.78, 5) is 15.4. The molecule has 0 aromatic heterocycles. The van der Waals surface area contributed by atoms with E-state index in [1.807, 2.05) is 0 Å². The summed E-state index contributed by atoms with van der Waals surface area (Å²) < 4.78 is 0. The molecule has 0 amide bonds. The van der Waals surface area contributed by atoms with Crippen LogP contribution in [0.5, 0.6) is 0 Å². The molecule has 3 heteroatoms. The van der Waals surface area contributed by atoms with E-state index in [1.165, 1.54) is 5.06 Å². The normalized spacial score (nSPS) is 10.4. The van der Waals surface area contributed by atoms with Crippen molar-refractivity contribution in [1.29, 1.82) is 0 Å². The average molecular weight is 131 g/mol. The third-order valence-corrected chi connectivity index (χ3v) is 0.744. The minimum atomic E-state index is -0.194. The van der Waals surface area contributed by atoms with Gasteiger partial charge in [-0.15, -0.1) is 5.06 Å². The van der Waals surface area contributed by atoms with Gasteiger partial charge in [-0.25, -0.2) is 0 Å². The number of rotatable bonds is 2. The fourth-order valence-corrected chi connectivity index (χ4v) is 0.285. The molecule has 0 fully saturated rings. The van der Waals surface area contributed by atoms with Crippen LogP contribution in [0.1, 0.15) is 13.8 Å². The molecule has 0 spiro atoms. The Kier molecular flexibility index (Phi) is 3.24. The second kappa shape index (κ2) is 3.45. The summed E-state index contributed by atoms with van der Waals surface area (Å²) in [7, 11) is 3.36. The number of hydrogen-bond acceptors (Lipinski definition) is 3. The van der Waals surface area contributed by atoms with Crippen molar-refractivity contribution in [3.63, 3.8) is 0 Å². The highest BCUT2D eigenvalue weighted by atomic mass is 16.7. The maximum absolute atomic E-state index is 10.7. The second-order valence-corrected chi connectivity index (χ2v) is 2.38. The van der Waals surface area contributed by atoms with Crippen LogP contribution in [-0.4, -0.2) is 25.1 Å². The standard InChI is InChI=1S/C6H13NO2/c1-5(2)6(8)9-7(3)4/h5H,1-4H3. The van der Waals surface area contributed by atoms with Gasteiger partial charge in [-0.05, 0) is 0 Å². The summed E-state index contributed by atoms with van der Waals surface area (Å²) >= 11 is 0. The van der Waals surface area contributed by atoms with Crippen LogP contribution in [0.3, 0.4) is 0 Å². The molecular formula is C6H13NO2. The van der Waals surface area contributed by atoms with Crippen molar-refractivity contribution < 1.29 is 9.63 Å². The molecule has 0 aromatic carbocycles. The fourth-order valence-electron chi connectivity index (χ4n) is 0.285. The van der Waals surface area contributed by atoms with E-state index < -0.39 is 0 Å². The van der Waals surface area contributed by atoms with Gasteiger partial charge in [0.1, 0.15) is 0 Å². The van der Waals surface area contributed by atoms with Crippen LogP contribution in [0.4, 0.5) is 0 Å². The van der Waals surface area contributed by atoms with E-state index >= 15 is 0 Å². The third kappa shape index (κ3) is 3.97. The summed E-state index contributed by atoms with van der Waals surface area (Å²) in [6.45, 7) is 3.59. The molecule has 3 nitrogen and oxygen atoms in total. The van der Waals surface area contributed by atoms with Gasteiger partial charge in [-0.2, -0.15) is 0 Å². The summed E-state index contributed by atoms with van der Waals surface area (Å²) in [5, 5.41) is 1.39. The molecule has 0 aliphatic rings. The quantitative estimate of drug-likeness (QED) is 0.516. The molecule has 0 aliphatic heterocycles. The number of hydroxylamine groups is 2. The molecule has 0 N–H and O–H groups in total. The predicted molar refractivity (Wildman–Crippen MR) is 34.6 cm³/mol. The largest absolute Gasteiger partial charge is 0.368 e. The van der Waals surface area contributed by atoms with E-state index in [9.17, 15) is 4.79 Å². The van der Waals surface area contributed by atoms with Gasteiger partial charge in [-0.3, -0.25) is 4.79 Å². The highest BCUT2D eigenvalue weighted by Gasteiger charge is 2.08. The van der Waals surface area contributed by atoms with Crippen LogP contribution in [-0.2, 0) is 9.63 Å². The lowest BCUT2D eigenvalue weighted by molar-refractivity contribution is -0.182. The van der Waals surface area contributed by atoms with Crippen molar-refractivity contribution in [1.82, 2.24) is 5.06 Å². The first-order chi connectivity index (χ1) is 4.04. The molecule has 0 bridgehead atoms. The lowest BCUT2D eigenvalue weighted by atomic mass is 10.2. The minimum absolute atomic E-state index is 0.0487. The van der Waals surface area contributed by atoms with Gasteiger partial charge in [0.05, 0.1) is 5.92 Å². The van der Waals surface area contributed by atoms with E-state index in [0.29, 0.717) is 0 Å². The van der Waals surface area contributed by atoms with E-state index in [0.717, 1.165) is 0 Å². The number of nitrogens with zero attached hydrogens (tertiary/aromatic N) is 1. The maximum Gasteiger partial charge on any atom is 0.327 e. The van der Waals surface area contributed by atoms with Crippen LogP contribution < -0.4 is 0 Å². The van der Waals surface area contributed by atoms with E-state index in [4.69, 9.17) is 4.84 Å². The summed E-state index contributed by atoms with van der Waals surface area (Å²) in [6.07, 6.45) is 0. The summed E-state index contributed by atoms with van der Waals surface area (Å²) in [5.74, 6) is -0.243. The van der Waals surface area contributed by atoms with Crippen molar-refractivity contribution in [3.8, 4) is 0 Å². The molecule has 0 atom stereocenters. The first kappa shape index (κ1) is 8.43. The third-order valence-electron chi connectivity index (χ3n) is 0.744. The Morgan fingerprint density at radius 1 is 1.44 bits per heavy atom. The SMILES string of the molecule is CC(C)C(=O)ON(C)C. The fraction of sp³-hybridized carbons (Fsp3) is 0.833. The monoisotopic (exact) mass is 131 g/mol. The van der Waals surface area contributed by atoms with Crippen molar-refractivity contribution in [2.75, 3.05) is 14.1 Å². The van der Waals surface area contributed by atoms with Crippen molar-refractivity contribution in [3.05, 3.63) is 0 Å². The van der Waals surface area contributed by atoms with Gasteiger partial charge < -0.3 is 4.84 Å². The van der Waals surface area contributed by atoms with Crippen LogP contribution in [0.15, 0.2) is 0 Å². The van der Waals surface area contributed by atoms with Crippen molar-refractivity contribution >= 4 is 5.97 Å². The lowest BCUT2D eigenvalue weighted by Gasteiger charge is -2.10.